The number of benzene rings is 1. The number of amides is 3. The number of hydrogen-bond acceptors (Lipinski definition) is 3. The van der Waals surface area contributed by atoms with E-state index in [-0.39, 0.29) is 29.8 Å². The first kappa shape index (κ1) is 19.3. The van der Waals surface area contributed by atoms with Crippen molar-refractivity contribution in [1.29, 1.82) is 0 Å². The van der Waals surface area contributed by atoms with Crippen LogP contribution in [-0.2, 0) is 4.79 Å². The lowest BCUT2D eigenvalue weighted by molar-refractivity contribution is -0.132. The Morgan fingerprint density at radius 1 is 1.35 bits per heavy atom. The molecule has 4 N–H and O–H groups in total. The van der Waals surface area contributed by atoms with Gasteiger partial charge in [-0.15, -0.1) is 12.4 Å². The van der Waals surface area contributed by atoms with Crippen LogP contribution in [0.1, 0.15) is 20.3 Å². The molecule has 1 fully saturated rings. The summed E-state index contributed by atoms with van der Waals surface area (Å²) in [5, 5.41) is 5.38. The van der Waals surface area contributed by atoms with Gasteiger partial charge in [0.25, 0.3) is 0 Å². The lowest BCUT2D eigenvalue weighted by Crippen LogP contribution is -2.48. The maximum atomic E-state index is 12.4. The molecule has 1 saturated heterocycles. The highest BCUT2D eigenvalue weighted by Gasteiger charge is 2.36. The van der Waals surface area contributed by atoms with Gasteiger partial charge < -0.3 is 21.3 Å². The summed E-state index contributed by atoms with van der Waals surface area (Å²) in [6.45, 7) is 5.69. The number of urea groups is 1. The zero-order valence-corrected chi connectivity index (χ0v) is 14.4. The Bertz CT molecular complexity index is 540. The van der Waals surface area contributed by atoms with Gasteiger partial charge in [0.05, 0.1) is 0 Å². The van der Waals surface area contributed by atoms with Gasteiger partial charge in [-0.25, -0.2) is 4.79 Å². The van der Waals surface area contributed by atoms with Crippen LogP contribution in [0.2, 0.25) is 0 Å². The second kappa shape index (κ2) is 8.17. The zero-order valence-electron chi connectivity index (χ0n) is 13.5. The van der Waals surface area contributed by atoms with E-state index in [0.717, 1.165) is 6.42 Å². The van der Waals surface area contributed by atoms with Crippen LogP contribution in [0.5, 0.6) is 0 Å². The number of para-hydroxylation sites is 1. The molecule has 1 aliphatic heterocycles. The van der Waals surface area contributed by atoms with Crippen molar-refractivity contribution in [3.05, 3.63) is 30.3 Å². The quantitative estimate of drug-likeness (QED) is 0.781. The molecule has 23 heavy (non-hydrogen) atoms. The summed E-state index contributed by atoms with van der Waals surface area (Å²) in [6, 6.07) is 8.18. The molecule has 6 nitrogen and oxygen atoms in total. The molecule has 0 saturated carbocycles. The number of rotatable bonds is 4. The monoisotopic (exact) mass is 340 g/mol. The lowest BCUT2D eigenvalue weighted by atomic mass is 9.90. The number of nitrogens with two attached hydrogens (primary N) is 1. The number of nitrogens with one attached hydrogen (secondary N) is 2. The smallest absolute Gasteiger partial charge is 0.319 e. The fraction of sp³-hybridized carbons (Fsp3) is 0.500. The third-order valence-corrected chi connectivity index (χ3v) is 4.11. The van der Waals surface area contributed by atoms with E-state index in [4.69, 9.17) is 5.73 Å². The summed E-state index contributed by atoms with van der Waals surface area (Å²) in [5.74, 6) is -0.0691. The molecule has 2 atom stereocenters. The molecular weight excluding hydrogens is 316 g/mol. The first-order valence-corrected chi connectivity index (χ1v) is 7.55. The fourth-order valence-electron chi connectivity index (χ4n) is 2.60. The standard InChI is InChI=1S/C16H24N4O2.ClH/c1-12(14(21)20-9-8-16(2,10-17)11-20)18-15(22)19-13-6-4-3-5-7-13;/h3-7,12H,8-11,17H2,1-2H3,(H2,18,19,22);1H. The van der Waals surface area contributed by atoms with E-state index in [1.54, 1.807) is 24.0 Å². The molecule has 7 heteroatoms. The highest BCUT2D eigenvalue weighted by atomic mass is 35.5. The highest BCUT2D eigenvalue weighted by molar-refractivity contribution is 5.93. The molecule has 2 unspecified atom stereocenters. The molecule has 0 bridgehead atoms. The van der Waals surface area contributed by atoms with Crippen LogP contribution in [0, 0.1) is 5.41 Å². The molecule has 3 amide bonds. The Balaban J connectivity index is 0.00000264. The molecule has 2 rings (SSSR count). The van der Waals surface area contributed by atoms with Gasteiger partial charge in [0.15, 0.2) is 0 Å². The van der Waals surface area contributed by atoms with Crippen LogP contribution in [-0.4, -0.2) is 42.5 Å². The maximum absolute atomic E-state index is 12.4. The van der Waals surface area contributed by atoms with Crippen LogP contribution in [0.25, 0.3) is 0 Å². The van der Waals surface area contributed by atoms with Crippen LogP contribution in [0.3, 0.4) is 0 Å². The van der Waals surface area contributed by atoms with E-state index in [1.165, 1.54) is 0 Å². The Morgan fingerprint density at radius 2 is 2.00 bits per heavy atom. The maximum Gasteiger partial charge on any atom is 0.319 e. The van der Waals surface area contributed by atoms with Crippen LogP contribution in [0.4, 0.5) is 10.5 Å². The number of nitrogens with zero attached hydrogens (tertiary/aromatic N) is 1. The van der Waals surface area contributed by atoms with Gasteiger partial charge in [0, 0.05) is 18.8 Å². The van der Waals surface area contributed by atoms with E-state index in [9.17, 15) is 9.59 Å². The summed E-state index contributed by atoms with van der Waals surface area (Å²) in [4.78, 5) is 26.1. The van der Waals surface area contributed by atoms with Gasteiger partial charge in [-0.2, -0.15) is 0 Å². The Labute approximate surface area is 143 Å². The molecule has 1 aromatic rings. The van der Waals surface area contributed by atoms with E-state index in [1.807, 2.05) is 18.2 Å². The topological polar surface area (TPSA) is 87.5 Å². The molecule has 0 aliphatic carbocycles. The average Bonchev–Trinajstić information content (AvgIpc) is 2.90. The van der Waals surface area contributed by atoms with Gasteiger partial charge in [-0.3, -0.25) is 4.79 Å². The number of carbonyl (C=O) groups is 2. The Kier molecular flexibility index (Phi) is 6.84. The lowest BCUT2D eigenvalue weighted by Gasteiger charge is -2.25. The van der Waals surface area contributed by atoms with Gasteiger partial charge in [-0.1, -0.05) is 25.1 Å². The SMILES string of the molecule is CC(NC(=O)Nc1ccccc1)C(=O)N1CCC(C)(CN)C1.Cl. The van der Waals surface area contributed by atoms with Gasteiger partial charge in [0.2, 0.25) is 5.91 Å². The molecule has 0 radical (unpaired) electrons. The van der Waals surface area contributed by atoms with Crippen molar-refractivity contribution in [2.24, 2.45) is 11.1 Å². The molecule has 0 aromatic heterocycles. The van der Waals surface area contributed by atoms with Crippen molar-refractivity contribution in [3.63, 3.8) is 0 Å². The summed E-state index contributed by atoms with van der Waals surface area (Å²) in [6.07, 6.45) is 0.901. The van der Waals surface area contributed by atoms with Crippen molar-refractivity contribution in [3.8, 4) is 0 Å². The van der Waals surface area contributed by atoms with Crippen LogP contribution >= 0.6 is 12.4 Å². The number of hydrogen-bond donors (Lipinski definition) is 3. The molecule has 0 spiro atoms. The van der Waals surface area contributed by atoms with Crippen LogP contribution in [0.15, 0.2) is 30.3 Å². The van der Waals surface area contributed by atoms with E-state index in [0.29, 0.717) is 25.3 Å². The Morgan fingerprint density at radius 3 is 2.57 bits per heavy atom. The predicted molar refractivity (Wildman–Crippen MR) is 93.7 cm³/mol. The van der Waals surface area contributed by atoms with Crippen molar-refractivity contribution in [2.45, 2.75) is 26.3 Å². The number of likely N-dealkylation sites (tertiary alicyclic amines) is 1. The number of halogens is 1. The highest BCUT2D eigenvalue weighted by Crippen LogP contribution is 2.28. The largest absolute Gasteiger partial charge is 0.340 e. The van der Waals surface area contributed by atoms with Gasteiger partial charge in [0.1, 0.15) is 6.04 Å². The molecule has 1 aliphatic rings. The number of carbonyl (C=O) groups excluding carboxylic acids is 2. The van der Waals surface area contributed by atoms with E-state index >= 15 is 0 Å². The third-order valence-electron chi connectivity index (χ3n) is 4.11. The summed E-state index contributed by atoms with van der Waals surface area (Å²) >= 11 is 0. The molecule has 128 valence electrons. The second-order valence-corrected chi connectivity index (χ2v) is 6.21. The first-order valence-electron chi connectivity index (χ1n) is 7.55. The van der Waals surface area contributed by atoms with Crippen molar-refractivity contribution >= 4 is 30.0 Å². The van der Waals surface area contributed by atoms with Crippen molar-refractivity contribution < 1.29 is 9.59 Å². The van der Waals surface area contributed by atoms with E-state index < -0.39 is 6.04 Å². The second-order valence-electron chi connectivity index (χ2n) is 6.21. The Hall–Kier alpha value is -1.79. The van der Waals surface area contributed by atoms with Crippen LogP contribution < -0.4 is 16.4 Å². The molecule has 1 heterocycles. The molecular formula is C16H25ClN4O2. The normalized spacial score (nSPS) is 21.3. The number of anilines is 1. The summed E-state index contributed by atoms with van der Waals surface area (Å²) in [5.41, 5.74) is 6.43. The molecule has 1 aromatic carbocycles. The predicted octanol–water partition coefficient (Wildman–Crippen LogP) is 1.82. The minimum Gasteiger partial charge on any atom is -0.340 e. The first-order chi connectivity index (χ1) is 10.4. The van der Waals surface area contributed by atoms with Crippen molar-refractivity contribution in [1.82, 2.24) is 10.2 Å². The average molecular weight is 341 g/mol. The van der Waals surface area contributed by atoms with Crippen molar-refractivity contribution in [2.75, 3.05) is 25.0 Å². The minimum atomic E-state index is -0.566. The van der Waals surface area contributed by atoms with E-state index in [2.05, 4.69) is 17.6 Å². The third kappa shape index (κ3) is 5.11. The fourth-order valence-corrected chi connectivity index (χ4v) is 2.60. The van der Waals surface area contributed by atoms with Gasteiger partial charge in [-0.05, 0) is 37.4 Å². The summed E-state index contributed by atoms with van der Waals surface area (Å²) < 4.78 is 0. The summed E-state index contributed by atoms with van der Waals surface area (Å²) in [7, 11) is 0. The minimum absolute atomic E-state index is 0. The zero-order chi connectivity index (χ0) is 16.2. The van der Waals surface area contributed by atoms with Gasteiger partial charge >= 0.3 is 6.03 Å².